The fourth-order valence-corrected chi connectivity index (χ4v) is 3.80. The molecule has 4 rings (SSSR count). The van der Waals surface area contributed by atoms with E-state index >= 15 is 0 Å². The lowest BCUT2D eigenvalue weighted by Crippen LogP contribution is -2.35. The number of carboxylic acids is 1. The Balaban J connectivity index is 1.87. The van der Waals surface area contributed by atoms with Crippen LogP contribution in [0.15, 0.2) is 53.3 Å². The van der Waals surface area contributed by atoms with Crippen molar-refractivity contribution in [2.24, 2.45) is 5.92 Å². The van der Waals surface area contributed by atoms with Crippen molar-refractivity contribution < 1.29 is 14.7 Å². The third kappa shape index (κ3) is 3.18. The van der Waals surface area contributed by atoms with Crippen molar-refractivity contribution in [1.82, 2.24) is 9.78 Å². The van der Waals surface area contributed by atoms with Gasteiger partial charge < -0.3 is 10.0 Å². The van der Waals surface area contributed by atoms with Crippen molar-refractivity contribution in [3.8, 4) is 0 Å². The minimum atomic E-state index is -0.977. The number of para-hydroxylation sites is 1. The first-order chi connectivity index (χ1) is 13.9. The standard InChI is InChI=1S/C22H21N3O4/c1-13(2)11-25-20(26)16-9-4-3-8-15(16)19(23-25)21(27)24-12-17(22(28)29)14-7-5-6-10-18(14)24/h3-10,13,17H,11-12H2,1-2H3,(H,28,29). The van der Waals surface area contributed by atoms with E-state index in [2.05, 4.69) is 5.10 Å². The van der Waals surface area contributed by atoms with Crippen molar-refractivity contribution in [2.75, 3.05) is 11.4 Å². The van der Waals surface area contributed by atoms with Crippen molar-refractivity contribution >= 4 is 28.3 Å². The van der Waals surface area contributed by atoms with Crippen LogP contribution >= 0.6 is 0 Å². The average Bonchev–Trinajstić information content (AvgIpc) is 3.09. The number of anilines is 1. The van der Waals surface area contributed by atoms with Gasteiger partial charge in [0.2, 0.25) is 0 Å². The van der Waals surface area contributed by atoms with Crippen LogP contribution in [0.3, 0.4) is 0 Å². The van der Waals surface area contributed by atoms with Gasteiger partial charge in [-0.25, -0.2) is 4.68 Å². The summed E-state index contributed by atoms with van der Waals surface area (Å²) in [4.78, 5) is 39.4. The molecule has 0 aliphatic carbocycles. The average molecular weight is 391 g/mol. The van der Waals surface area contributed by atoms with E-state index < -0.39 is 17.8 Å². The SMILES string of the molecule is CC(C)Cn1nc(C(=O)N2CC(C(=O)O)c3ccccc32)c2ccccc2c1=O. The zero-order valence-corrected chi connectivity index (χ0v) is 16.2. The van der Waals surface area contributed by atoms with Gasteiger partial charge in [0, 0.05) is 24.2 Å². The lowest BCUT2D eigenvalue weighted by molar-refractivity contribution is -0.138. The Hall–Kier alpha value is -3.48. The van der Waals surface area contributed by atoms with Crippen LogP contribution < -0.4 is 10.5 Å². The molecular weight excluding hydrogens is 370 g/mol. The first-order valence-electron chi connectivity index (χ1n) is 9.52. The molecule has 1 atom stereocenters. The molecule has 2 heterocycles. The number of carbonyl (C=O) groups excluding carboxylic acids is 1. The number of rotatable bonds is 4. The molecule has 1 unspecified atom stereocenters. The van der Waals surface area contributed by atoms with E-state index in [4.69, 9.17) is 0 Å². The summed E-state index contributed by atoms with van der Waals surface area (Å²) in [5.41, 5.74) is 1.09. The first-order valence-corrected chi connectivity index (χ1v) is 9.52. The molecule has 0 radical (unpaired) electrons. The number of benzene rings is 2. The highest BCUT2D eigenvalue weighted by Crippen LogP contribution is 2.37. The summed E-state index contributed by atoms with van der Waals surface area (Å²) in [5.74, 6) is -2.00. The molecule has 148 valence electrons. The molecule has 1 amide bonds. The fourth-order valence-electron chi connectivity index (χ4n) is 3.80. The zero-order valence-electron chi connectivity index (χ0n) is 16.2. The molecule has 0 bridgehead atoms. The summed E-state index contributed by atoms with van der Waals surface area (Å²) in [6.45, 7) is 4.36. The molecule has 0 fully saturated rings. The number of aromatic nitrogens is 2. The summed E-state index contributed by atoms with van der Waals surface area (Å²) < 4.78 is 1.33. The fraction of sp³-hybridized carbons (Fsp3) is 0.273. The van der Waals surface area contributed by atoms with Crippen LogP contribution in [-0.4, -0.2) is 33.3 Å². The number of hydrogen-bond donors (Lipinski definition) is 1. The van der Waals surface area contributed by atoms with Gasteiger partial charge in [0.15, 0.2) is 5.69 Å². The van der Waals surface area contributed by atoms with Crippen molar-refractivity contribution in [2.45, 2.75) is 26.3 Å². The van der Waals surface area contributed by atoms with Crippen LogP contribution in [0.1, 0.15) is 35.8 Å². The van der Waals surface area contributed by atoms with Gasteiger partial charge in [0.05, 0.1) is 5.39 Å². The highest BCUT2D eigenvalue weighted by molar-refractivity contribution is 6.14. The molecule has 7 nitrogen and oxygen atoms in total. The number of fused-ring (bicyclic) bond motifs is 2. The Bertz CT molecular complexity index is 1180. The molecule has 3 aromatic rings. The summed E-state index contributed by atoms with van der Waals surface area (Å²) >= 11 is 0. The summed E-state index contributed by atoms with van der Waals surface area (Å²) in [6.07, 6.45) is 0. The van der Waals surface area contributed by atoms with Gasteiger partial charge in [-0.2, -0.15) is 5.10 Å². The van der Waals surface area contributed by atoms with Crippen LogP contribution in [0.25, 0.3) is 10.8 Å². The van der Waals surface area contributed by atoms with E-state index in [-0.39, 0.29) is 23.7 Å². The first kappa shape index (κ1) is 18.9. The van der Waals surface area contributed by atoms with E-state index in [1.54, 1.807) is 48.5 Å². The minimum Gasteiger partial charge on any atom is -0.481 e. The molecule has 29 heavy (non-hydrogen) atoms. The van der Waals surface area contributed by atoms with E-state index in [0.29, 0.717) is 28.6 Å². The van der Waals surface area contributed by atoms with Gasteiger partial charge in [-0.1, -0.05) is 50.2 Å². The second kappa shape index (κ2) is 7.16. The number of hydrogen-bond acceptors (Lipinski definition) is 4. The third-order valence-electron chi connectivity index (χ3n) is 5.12. The minimum absolute atomic E-state index is 0.0346. The lowest BCUT2D eigenvalue weighted by Gasteiger charge is -2.19. The quantitative estimate of drug-likeness (QED) is 0.738. The molecule has 0 saturated carbocycles. The van der Waals surface area contributed by atoms with Gasteiger partial charge in [-0.05, 0) is 23.6 Å². The Labute approximate surface area is 167 Å². The normalized spacial score (nSPS) is 15.7. The molecule has 1 N–H and O–H groups in total. The summed E-state index contributed by atoms with van der Waals surface area (Å²) in [6, 6.07) is 13.9. The Morgan fingerprint density at radius 2 is 1.76 bits per heavy atom. The molecule has 7 heteroatoms. The maximum atomic E-state index is 13.5. The van der Waals surface area contributed by atoms with Crippen LogP contribution in [0.4, 0.5) is 5.69 Å². The predicted octanol–water partition coefficient (Wildman–Crippen LogP) is 2.88. The predicted molar refractivity (Wildman–Crippen MR) is 109 cm³/mol. The summed E-state index contributed by atoms with van der Waals surface area (Å²) in [7, 11) is 0. The molecular formula is C22H21N3O4. The second-order valence-electron chi connectivity index (χ2n) is 7.64. The molecule has 0 spiro atoms. The number of nitrogens with zero attached hydrogens (tertiary/aromatic N) is 3. The lowest BCUT2D eigenvalue weighted by atomic mass is 10.0. The molecule has 0 saturated heterocycles. The Morgan fingerprint density at radius 3 is 2.45 bits per heavy atom. The van der Waals surface area contributed by atoms with E-state index in [0.717, 1.165) is 0 Å². The molecule has 1 aliphatic heterocycles. The topological polar surface area (TPSA) is 92.5 Å². The Kier molecular flexibility index (Phi) is 4.66. The van der Waals surface area contributed by atoms with Gasteiger partial charge in [-0.3, -0.25) is 14.4 Å². The monoisotopic (exact) mass is 391 g/mol. The van der Waals surface area contributed by atoms with Gasteiger partial charge in [0.1, 0.15) is 5.92 Å². The molecule has 1 aliphatic rings. The largest absolute Gasteiger partial charge is 0.481 e. The van der Waals surface area contributed by atoms with E-state index in [9.17, 15) is 19.5 Å². The van der Waals surface area contributed by atoms with Crippen LogP contribution in [0.2, 0.25) is 0 Å². The van der Waals surface area contributed by atoms with E-state index in [1.165, 1.54) is 9.58 Å². The van der Waals surface area contributed by atoms with Gasteiger partial charge in [0.25, 0.3) is 11.5 Å². The second-order valence-corrected chi connectivity index (χ2v) is 7.64. The number of carbonyl (C=O) groups is 2. The number of aliphatic carboxylic acids is 1. The van der Waals surface area contributed by atoms with Crippen molar-refractivity contribution in [3.05, 3.63) is 70.1 Å². The smallest absolute Gasteiger partial charge is 0.312 e. The van der Waals surface area contributed by atoms with Crippen molar-refractivity contribution in [1.29, 1.82) is 0 Å². The van der Waals surface area contributed by atoms with Crippen LogP contribution in [-0.2, 0) is 11.3 Å². The molecule has 2 aromatic carbocycles. The highest BCUT2D eigenvalue weighted by Gasteiger charge is 2.37. The zero-order chi connectivity index (χ0) is 20.7. The molecule has 1 aromatic heterocycles. The highest BCUT2D eigenvalue weighted by atomic mass is 16.4. The summed E-state index contributed by atoms with van der Waals surface area (Å²) in [5, 5.41) is 14.9. The Morgan fingerprint density at radius 1 is 1.10 bits per heavy atom. The van der Waals surface area contributed by atoms with Gasteiger partial charge >= 0.3 is 5.97 Å². The van der Waals surface area contributed by atoms with Crippen LogP contribution in [0, 0.1) is 5.92 Å². The van der Waals surface area contributed by atoms with Gasteiger partial charge in [-0.15, -0.1) is 0 Å². The third-order valence-corrected chi connectivity index (χ3v) is 5.12. The van der Waals surface area contributed by atoms with Crippen LogP contribution in [0.5, 0.6) is 0 Å². The van der Waals surface area contributed by atoms with E-state index in [1.807, 2.05) is 13.8 Å². The number of carboxylic acid groups (broad SMARTS) is 1. The van der Waals surface area contributed by atoms with Crippen molar-refractivity contribution in [3.63, 3.8) is 0 Å². The number of amides is 1. The maximum Gasteiger partial charge on any atom is 0.312 e. The maximum absolute atomic E-state index is 13.5.